The van der Waals surface area contributed by atoms with Crippen LogP contribution in [0.5, 0.6) is 0 Å². The minimum Gasteiger partial charge on any atom is -0.478 e. The Hall–Kier alpha value is -2.11. The highest BCUT2D eigenvalue weighted by Crippen LogP contribution is 2.28. The Morgan fingerprint density at radius 2 is 2.15 bits per heavy atom. The Balaban J connectivity index is 1.92. The molecule has 2 N–H and O–H groups in total. The van der Waals surface area contributed by atoms with Gasteiger partial charge in [-0.15, -0.1) is 11.3 Å². The number of halogens is 1. The number of hydrogen-bond donors (Lipinski definition) is 2. The van der Waals surface area contributed by atoms with Crippen LogP contribution in [-0.4, -0.2) is 16.1 Å². The minimum atomic E-state index is -1.05. The predicted molar refractivity (Wildman–Crippen MR) is 81.3 cm³/mol. The average molecular weight is 305 g/mol. The van der Waals surface area contributed by atoms with Crippen molar-refractivity contribution in [1.29, 1.82) is 0 Å². The van der Waals surface area contributed by atoms with Crippen molar-refractivity contribution < 1.29 is 9.90 Å². The number of thiophene rings is 1. The summed E-state index contributed by atoms with van der Waals surface area (Å²) in [4.78, 5) is 14.9. The Bertz CT molecular complexity index is 801. The third-order valence-electron chi connectivity index (χ3n) is 2.80. The first-order valence-electron chi connectivity index (χ1n) is 5.76. The van der Waals surface area contributed by atoms with E-state index in [9.17, 15) is 4.79 Å². The molecule has 1 aromatic carbocycles. The number of nitrogens with one attached hydrogen (secondary N) is 1. The quantitative estimate of drug-likeness (QED) is 0.753. The van der Waals surface area contributed by atoms with Gasteiger partial charge in [-0.25, -0.2) is 9.78 Å². The standard InChI is InChI=1S/C14H9ClN2O2S/c15-11-6-9(14(18)19)7-16-13(11)17-10-1-2-12-8(5-10)3-4-20-12/h1-7H,(H,16,17)(H,18,19). The van der Waals surface area contributed by atoms with E-state index in [0.29, 0.717) is 5.82 Å². The topological polar surface area (TPSA) is 62.2 Å². The second-order valence-electron chi connectivity index (χ2n) is 4.16. The molecule has 0 atom stereocenters. The maximum Gasteiger partial charge on any atom is 0.337 e. The molecule has 2 aromatic heterocycles. The van der Waals surface area contributed by atoms with Crippen molar-refractivity contribution in [2.24, 2.45) is 0 Å². The van der Waals surface area contributed by atoms with Crippen LogP contribution in [0.1, 0.15) is 10.4 Å². The van der Waals surface area contributed by atoms with Crippen molar-refractivity contribution in [3.05, 3.63) is 52.5 Å². The van der Waals surface area contributed by atoms with Crippen LogP contribution in [0.2, 0.25) is 5.02 Å². The van der Waals surface area contributed by atoms with Crippen molar-refractivity contribution in [2.45, 2.75) is 0 Å². The first kappa shape index (κ1) is 12.9. The van der Waals surface area contributed by atoms with E-state index in [-0.39, 0.29) is 10.6 Å². The zero-order chi connectivity index (χ0) is 14.1. The van der Waals surface area contributed by atoms with Gasteiger partial charge >= 0.3 is 5.97 Å². The zero-order valence-electron chi connectivity index (χ0n) is 10.1. The molecular weight excluding hydrogens is 296 g/mol. The van der Waals surface area contributed by atoms with Crippen LogP contribution in [0, 0.1) is 0 Å². The number of pyridine rings is 1. The smallest absolute Gasteiger partial charge is 0.337 e. The molecule has 0 amide bonds. The van der Waals surface area contributed by atoms with Gasteiger partial charge in [0, 0.05) is 16.6 Å². The molecule has 0 saturated carbocycles. The Labute approximate surface area is 123 Å². The van der Waals surface area contributed by atoms with E-state index >= 15 is 0 Å². The van der Waals surface area contributed by atoms with Crippen LogP contribution in [0.3, 0.4) is 0 Å². The second-order valence-corrected chi connectivity index (χ2v) is 5.51. The van der Waals surface area contributed by atoms with Gasteiger partial charge in [0.2, 0.25) is 0 Å². The molecule has 0 aliphatic heterocycles. The van der Waals surface area contributed by atoms with Crippen LogP contribution in [0.25, 0.3) is 10.1 Å². The lowest BCUT2D eigenvalue weighted by atomic mass is 10.2. The van der Waals surface area contributed by atoms with Crippen molar-refractivity contribution >= 4 is 50.5 Å². The highest BCUT2D eigenvalue weighted by Gasteiger charge is 2.09. The summed E-state index contributed by atoms with van der Waals surface area (Å²) in [5, 5.41) is 15.4. The molecule has 0 unspecified atom stereocenters. The lowest BCUT2D eigenvalue weighted by molar-refractivity contribution is 0.0696. The highest BCUT2D eigenvalue weighted by atomic mass is 35.5. The summed E-state index contributed by atoms with van der Waals surface area (Å²) in [6.45, 7) is 0. The molecule has 2 heterocycles. The SMILES string of the molecule is O=C(O)c1cnc(Nc2ccc3sccc3c2)c(Cl)c1. The Morgan fingerprint density at radius 3 is 2.90 bits per heavy atom. The summed E-state index contributed by atoms with van der Waals surface area (Å²) in [6.07, 6.45) is 1.28. The fourth-order valence-electron chi connectivity index (χ4n) is 1.83. The predicted octanol–water partition coefficient (Wildman–Crippen LogP) is 4.39. The maximum absolute atomic E-state index is 10.8. The normalized spacial score (nSPS) is 10.7. The van der Waals surface area contributed by atoms with Crippen molar-refractivity contribution in [1.82, 2.24) is 4.98 Å². The molecular formula is C14H9ClN2O2S. The van der Waals surface area contributed by atoms with E-state index in [1.54, 1.807) is 11.3 Å². The first-order chi connectivity index (χ1) is 9.63. The number of anilines is 2. The summed E-state index contributed by atoms with van der Waals surface area (Å²) in [5.41, 5.74) is 0.919. The number of aromatic carboxylic acids is 1. The lowest BCUT2D eigenvalue weighted by Gasteiger charge is -2.08. The molecule has 0 aliphatic rings. The molecule has 4 nitrogen and oxygen atoms in total. The van der Waals surface area contributed by atoms with Gasteiger partial charge in [0.05, 0.1) is 10.6 Å². The maximum atomic E-state index is 10.8. The molecule has 0 bridgehead atoms. The molecule has 3 aromatic rings. The van der Waals surface area contributed by atoms with Crippen molar-refractivity contribution in [3.63, 3.8) is 0 Å². The van der Waals surface area contributed by atoms with Gasteiger partial charge in [0.15, 0.2) is 0 Å². The van der Waals surface area contributed by atoms with Gasteiger partial charge in [-0.3, -0.25) is 0 Å². The van der Waals surface area contributed by atoms with Crippen LogP contribution in [0.15, 0.2) is 41.9 Å². The van der Waals surface area contributed by atoms with Crippen molar-refractivity contribution in [2.75, 3.05) is 5.32 Å². The van der Waals surface area contributed by atoms with E-state index in [0.717, 1.165) is 11.1 Å². The largest absolute Gasteiger partial charge is 0.478 e. The minimum absolute atomic E-state index is 0.0637. The highest BCUT2D eigenvalue weighted by molar-refractivity contribution is 7.17. The second kappa shape index (κ2) is 5.11. The molecule has 3 rings (SSSR count). The first-order valence-corrected chi connectivity index (χ1v) is 7.02. The summed E-state index contributed by atoms with van der Waals surface area (Å²) in [7, 11) is 0. The Morgan fingerprint density at radius 1 is 1.30 bits per heavy atom. The fourth-order valence-corrected chi connectivity index (χ4v) is 2.81. The van der Waals surface area contributed by atoms with E-state index in [4.69, 9.17) is 16.7 Å². The van der Waals surface area contributed by atoms with Gasteiger partial charge < -0.3 is 10.4 Å². The molecule has 0 saturated heterocycles. The summed E-state index contributed by atoms with van der Waals surface area (Å²) >= 11 is 7.71. The van der Waals surface area contributed by atoms with Crippen LogP contribution >= 0.6 is 22.9 Å². The summed E-state index contributed by atoms with van der Waals surface area (Å²) in [6, 6.07) is 9.36. The zero-order valence-corrected chi connectivity index (χ0v) is 11.7. The van der Waals surface area contributed by atoms with E-state index in [1.165, 1.54) is 17.0 Å². The van der Waals surface area contributed by atoms with E-state index < -0.39 is 5.97 Å². The molecule has 0 fully saturated rings. The lowest BCUT2D eigenvalue weighted by Crippen LogP contribution is -2.00. The van der Waals surface area contributed by atoms with E-state index in [2.05, 4.69) is 10.3 Å². The molecule has 20 heavy (non-hydrogen) atoms. The number of carbonyl (C=O) groups is 1. The van der Waals surface area contributed by atoms with Crippen LogP contribution in [-0.2, 0) is 0 Å². The number of fused-ring (bicyclic) bond motifs is 1. The van der Waals surface area contributed by atoms with Gasteiger partial charge in [-0.05, 0) is 41.1 Å². The monoisotopic (exact) mass is 304 g/mol. The van der Waals surface area contributed by atoms with Gasteiger partial charge in [-0.1, -0.05) is 11.6 Å². The number of nitrogens with zero attached hydrogens (tertiary/aromatic N) is 1. The fraction of sp³-hybridized carbons (Fsp3) is 0. The van der Waals surface area contributed by atoms with Gasteiger partial charge in [-0.2, -0.15) is 0 Å². The number of carboxylic acid groups (broad SMARTS) is 1. The van der Waals surface area contributed by atoms with Crippen molar-refractivity contribution in [3.8, 4) is 0 Å². The molecule has 0 spiro atoms. The number of rotatable bonds is 3. The summed E-state index contributed by atoms with van der Waals surface area (Å²) in [5.74, 6) is -0.614. The van der Waals surface area contributed by atoms with Gasteiger partial charge in [0.1, 0.15) is 5.82 Å². The Kier molecular flexibility index (Phi) is 3.30. The van der Waals surface area contributed by atoms with Crippen LogP contribution < -0.4 is 5.32 Å². The van der Waals surface area contributed by atoms with Crippen LogP contribution in [0.4, 0.5) is 11.5 Å². The summed E-state index contributed by atoms with van der Waals surface area (Å²) < 4.78 is 1.20. The molecule has 100 valence electrons. The number of aromatic nitrogens is 1. The third kappa shape index (κ3) is 2.45. The third-order valence-corrected chi connectivity index (χ3v) is 3.99. The molecule has 6 heteroatoms. The number of benzene rings is 1. The average Bonchev–Trinajstić information content (AvgIpc) is 2.88. The van der Waals surface area contributed by atoms with Gasteiger partial charge in [0.25, 0.3) is 0 Å². The number of hydrogen-bond acceptors (Lipinski definition) is 4. The van der Waals surface area contributed by atoms with E-state index in [1.807, 2.05) is 29.6 Å². The molecule has 0 radical (unpaired) electrons. The molecule has 0 aliphatic carbocycles. The number of carboxylic acids is 1.